The molecule has 1 atom stereocenters. The fourth-order valence-electron chi connectivity index (χ4n) is 7.25. The maximum Gasteiger partial charge on any atom is 0.416 e. The van der Waals surface area contributed by atoms with E-state index in [0.717, 1.165) is 0 Å². The van der Waals surface area contributed by atoms with Gasteiger partial charge in [0.15, 0.2) is 6.10 Å². The molecule has 3 aliphatic rings. The van der Waals surface area contributed by atoms with Crippen LogP contribution in [0.5, 0.6) is 5.75 Å². The van der Waals surface area contributed by atoms with Crippen LogP contribution in [0.25, 0.3) is 22.3 Å². The van der Waals surface area contributed by atoms with Crippen LogP contribution in [0.1, 0.15) is 63.7 Å². The van der Waals surface area contributed by atoms with Gasteiger partial charge < -0.3 is 19.5 Å². The number of alkyl halides is 7. The molecule has 3 heterocycles. The molecular formula is C37H31F7N4O5. The first kappa shape index (κ1) is 36.0. The van der Waals surface area contributed by atoms with Crippen LogP contribution in [0, 0.1) is 6.92 Å². The van der Waals surface area contributed by atoms with Gasteiger partial charge in [0, 0.05) is 17.3 Å². The van der Waals surface area contributed by atoms with Gasteiger partial charge in [-0.05, 0) is 90.9 Å². The Bertz CT molecular complexity index is 2080. The number of ether oxygens (including phenoxy) is 2. The molecule has 1 aromatic heterocycles. The number of amides is 1. The number of carbonyl (C=O) groups excluding carboxylic acids is 1. The van der Waals surface area contributed by atoms with E-state index in [9.17, 15) is 45.4 Å². The summed E-state index contributed by atoms with van der Waals surface area (Å²) in [6.45, 7) is 1.53. The molecule has 2 aliphatic heterocycles. The number of carbonyl (C=O) groups is 2. The number of cyclic esters (lactones) is 1. The maximum atomic E-state index is 13.9. The van der Waals surface area contributed by atoms with E-state index in [1.807, 2.05) is 0 Å². The molecule has 7 rings (SSSR count). The number of aromatic carboxylic acids is 1. The van der Waals surface area contributed by atoms with Gasteiger partial charge in [-0.25, -0.2) is 23.9 Å². The molecule has 1 amide bonds. The van der Waals surface area contributed by atoms with Crippen LogP contribution in [0.3, 0.4) is 0 Å². The third-order valence-corrected chi connectivity index (χ3v) is 10.2. The van der Waals surface area contributed by atoms with E-state index in [0.29, 0.717) is 52.1 Å². The molecule has 0 radical (unpaired) electrons. The number of carboxylic acid groups (broad SMARTS) is 1. The lowest BCUT2D eigenvalue weighted by Crippen LogP contribution is -2.53. The van der Waals surface area contributed by atoms with E-state index in [1.165, 1.54) is 30.3 Å². The highest BCUT2D eigenvalue weighted by molar-refractivity contribution is 5.89. The van der Waals surface area contributed by atoms with Crippen LogP contribution in [-0.2, 0) is 23.6 Å². The molecule has 0 unspecified atom stereocenters. The molecule has 3 aromatic carbocycles. The quantitative estimate of drug-likeness (QED) is 0.179. The molecular weight excluding hydrogens is 713 g/mol. The summed E-state index contributed by atoms with van der Waals surface area (Å²) in [4.78, 5) is 37.3. The molecule has 53 heavy (non-hydrogen) atoms. The lowest BCUT2D eigenvalue weighted by molar-refractivity contribution is -0.143. The number of nitrogens with zero attached hydrogens (tertiary/aromatic N) is 4. The summed E-state index contributed by atoms with van der Waals surface area (Å²) < 4.78 is 108. The SMILES string of the molecule is COc1ccc(-c2ccc(C(=O)O)cc2C)cc1-c1cnc(N2CC(F)C2)nc1CN1C(=O)O[C@H](c2cc(C(F)(F)F)cc(C(F)(F)F)c2)C12CCC2. The van der Waals surface area contributed by atoms with Crippen molar-refractivity contribution in [2.24, 2.45) is 0 Å². The van der Waals surface area contributed by atoms with E-state index in [1.54, 1.807) is 36.1 Å². The Morgan fingerprint density at radius 2 is 1.64 bits per heavy atom. The van der Waals surface area contributed by atoms with Crippen molar-refractivity contribution >= 4 is 18.0 Å². The second-order valence-electron chi connectivity index (χ2n) is 13.4. The molecule has 0 bridgehead atoms. The van der Waals surface area contributed by atoms with Gasteiger partial charge in [0.2, 0.25) is 5.95 Å². The Morgan fingerprint density at radius 3 is 2.19 bits per heavy atom. The first-order valence-corrected chi connectivity index (χ1v) is 16.5. The molecule has 1 aliphatic carbocycles. The van der Waals surface area contributed by atoms with Crippen molar-refractivity contribution in [2.45, 2.75) is 62.9 Å². The number of hydrogen-bond donors (Lipinski definition) is 1. The second-order valence-corrected chi connectivity index (χ2v) is 13.4. The maximum absolute atomic E-state index is 13.9. The number of aryl methyl sites for hydroxylation is 1. The van der Waals surface area contributed by atoms with Gasteiger partial charge in [0.1, 0.15) is 11.9 Å². The minimum atomic E-state index is -5.10. The average molecular weight is 745 g/mol. The van der Waals surface area contributed by atoms with Crippen molar-refractivity contribution in [1.82, 2.24) is 14.9 Å². The zero-order chi connectivity index (χ0) is 38.0. The van der Waals surface area contributed by atoms with E-state index in [4.69, 9.17) is 14.5 Å². The van der Waals surface area contributed by atoms with Crippen LogP contribution < -0.4 is 9.64 Å². The Balaban J connectivity index is 1.32. The molecule has 4 aromatic rings. The fraction of sp³-hybridized carbons (Fsp3) is 0.351. The number of rotatable bonds is 8. The number of halogens is 7. The van der Waals surface area contributed by atoms with Crippen molar-refractivity contribution in [3.63, 3.8) is 0 Å². The van der Waals surface area contributed by atoms with E-state index in [-0.39, 0.29) is 55.7 Å². The predicted octanol–water partition coefficient (Wildman–Crippen LogP) is 8.64. The van der Waals surface area contributed by atoms with Gasteiger partial charge in [-0.2, -0.15) is 26.3 Å². The van der Waals surface area contributed by atoms with Crippen molar-refractivity contribution in [3.05, 3.63) is 94.3 Å². The summed E-state index contributed by atoms with van der Waals surface area (Å²) in [6.07, 6.45) is -11.2. The standard InChI is InChI=1S/C37H31F7N4O5/c1-19-10-21(32(49)50)4-6-26(19)20-5-7-30(52-2)27(13-20)28-15-45-33(47-16-25(38)17-47)46-29(28)18-48-34(51)53-31(35(48)8-3-9-35)22-11-23(36(39,40)41)14-24(12-22)37(42,43)44/h4-7,10-15,25,31H,3,8-9,16-18H2,1-2H3,(H,49,50)/t31-/m1/s1. The zero-order valence-corrected chi connectivity index (χ0v) is 28.2. The van der Waals surface area contributed by atoms with E-state index in [2.05, 4.69) is 4.98 Å². The molecule has 1 N–H and O–H groups in total. The summed E-state index contributed by atoms with van der Waals surface area (Å²) in [6, 6.07) is 11.1. The van der Waals surface area contributed by atoms with Gasteiger partial charge in [-0.3, -0.25) is 4.90 Å². The van der Waals surface area contributed by atoms with Crippen LogP contribution in [-0.4, -0.2) is 63.9 Å². The summed E-state index contributed by atoms with van der Waals surface area (Å²) in [5, 5.41) is 9.44. The Labute approximate surface area is 298 Å². The number of benzene rings is 3. The van der Waals surface area contributed by atoms with Gasteiger partial charge in [-0.15, -0.1) is 0 Å². The minimum Gasteiger partial charge on any atom is -0.496 e. The molecule has 2 saturated heterocycles. The van der Waals surface area contributed by atoms with Crippen molar-refractivity contribution in [1.29, 1.82) is 0 Å². The normalized spacial score (nSPS) is 18.5. The van der Waals surface area contributed by atoms with E-state index >= 15 is 0 Å². The van der Waals surface area contributed by atoms with Gasteiger partial charge >= 0.3 is 24.4 Å². The zero-order valence-electron chi connectivity index (χ0n) is 28.2. The van der Waals surface area contributed by atoms with Gasteiger partial charge in [0.25, 0.3) is 0 Å². The van der Waals surface area contributed by atoms with Crippen LogP contribution in [0.2, 0.25) is 0 Å². The number of methoxy groups -OCH3 is 1. The Kier molecular flexibility index (Phi) is 8.77. The summed E-state index contributed by atoms with van der Waals surface area (Å²) in [7, 11) is 1.44. The van der Waals surface area contributed by atoms with Crippen molar-refractivity contribution < 1.29 is 54.9 Å². The number of aromatic nitrogens is 2. The highest BCUT2D eigenvalue weighted by atomic mass is 19.4. The highest BCUT2D eigenvalue weighted by Crippen LogP contribution is 2.55. The molecule has 278 valence electrons. The lowest BCUT2D eigenvalue weighted by atomic mass is 9.70. The smallest absolute Gasteiger partial charge is 0.416 e. The predicted molar refractivity (Wildman–Crippen MR) is 176 cm³/mol. The van der Waals surface area contributed by atoms with Crippen LogP contribution in [0.4, 0.5) is 41.5 Å². The molecule has 3 fully saturated rings. The van der Waals surface area contributed by atoms with Crippen LogP contribution >= 0.6 is 0 Å². The fourth-order valence-corrected chi connectivity index (χ4v) is 7.25. The average Bonchev–Trinajstić information content (AvgIpc) is 3.37. The van der Waals surface area contributed by atoms with Gasteiger partial charge in [-0.1, -0.05) is 12.1 Å². The Morgan fingerprint density at radius 1 is 0.962 bits per heavy atom. The summed E-state index contributed by atoms with van der Waals surface area (Å²) in [5.74, 6) is -0.547. The molecule has 1 spiro atoms. The third kappa shape index (κ3) is 6.48. The number of hydrogen-bond acceptors (Lipinski definition) is 7. The first-order valence-electron chi connectivity index (χ1n) is 16.5. The number of carboxylic acids is 1. The lowest BCUT2D eigenvalue weighted by Gasteiger charge is -2.46. The van der Waals surface area contributed by atoms with E-state index < -0.39 is 58.9 Å². The summed E-state index contributed by atoms with van der Waals surface area (Å²) in [5.41, 5.74) is -1.49. The molecule has 16 heteroatoms. The monoisotopic (exact) mass is 744 g/mol. The van der Waals surface area contributed by atoms with Crippen LogP contribution in [0.15, 0.2) is 60.8 Å². The first-order chi connectivity index (χ1) is 25.0. The third-order valence-electron chi connectivity index (χ3n) is 10.2. The second kappa shape index (κ2) is 12.9. The topological polar surface area (TPSA) is 105 Å². The molecule has 9 nitrogen and oxygen atoms in total. The van der Waals surface area contributed by atoms with Crippen molar-refractivity contribution in [3.8, 4) is 28.0 Å². The molecule has 1 saturated carbocycles. The largest absolute Gasteiger partial charge is 0.496 e. The summed E-state index contributed by atoms with van der Waals surface area (Å²) >= 11 is 0. The van der Waals surface area contributed by atoms with Crippen molar-refractivity contribution in [2.75, 3.05) is 25.1 Å². The number of anilines is 1. The van der Waals surface area contributed by atoms with Gasteiger partial charge in [0.05, 0.1) is 54.7 Å². The highest BCUT2D eigenvalue weighted by Gasteiger charge is 2.59. The minimum absolute atomic E-state index is 0.0259. The Hall–Kier alpha value is -5.41.